The molecule has 2 heteroatoms. The number of aryl methyl sites for hydroxylation is 2. The van der Waals surface area contributed by atoms with Crippen LogP contribution in [0.25, 0.3) is 22.3 Å². The summed E-state index contributed by atoms with van der Waals surface area (Å²) in [4.78, 5) is 0. The van der Waals surface area contributed by atoms with E-state index in [1.165, 1.54) is 67.7 Å². The van der Waals surface area contributed by atoms with Gasteiger partial charge in [-0.25, -0.2) is 0 Å². The van der Waals surface area contributed by atoms with Crippen molar-refractivity contribution in [3.63, 3.8) is 0 Å². The molecule has 4 aromatic carbocycles. The van der Waals surface area contributed by atoms with Gasteiger partial charge in [0.05, 0.1) is 0 Å². The Morgan fingerprint density at radius 2 is 1.06 bits per heavy atom. The van der Waals surface area contributed by atoms with Crippen LogP contribution in [-0.4, -0.2) is 5.43 Å². The van der Waals surface area contributed by atoms with Crippen LogP contribution in [0.4, 0.5) is 0 Å². The zero-order valence-corrected chi connectivity index (χ0v) is 24.2. The van der Waals surface area contributed by atoms with Gasteiger partial charge in [0.2, 0.25) is 0 Å². The van der Waals surface area contributed by atoms with Crippen LogP contribution in [0, 0.1) is 26.0 Å². The molecule has 0 spiro atoms. The minimum atomic E-state index is 0.222. The third-order valence-electron chi connectivity index (χ3n) is 6.86. The summed E-state index contributed by atoms with van der Waals surface area (Å²) < 4.78 is 0. The molecule has 0 radical (unpaired) electrons. The number of fused-ring (bicyclic) bond motifs is 6. The molecule has 0 saturated heterocycles. The summed E-state index contributed by atoms with van der Waals surface area (Å²) in [5.74, 6) is 0. The molecule has 0 amide bonds. The van der Waals surface area contributed by atoms with E-state index < -0.39 is 0 Å². The van der Waals surface area contributed by atoms with E-state index in [0.717, 1.165) is 12.8 Å². The van der Waals surface area contributed by atoms with Crippen LogP contribution in [0.1, 0.15) is 47.2 Å². The predicted molar refractivity (Wildman–Crippen MR) is 143 cm³/mol. The van der Waals surface area contributed by atoms with Gasteiger partial charge in [-0.1, -0.05) is 62.4 Å². The van der Waals surface area contributed by atoms with Crippen LogP contribution >= 0.6 is 0 Å². The van der Waals surface area contributed by atoms with Crippen LogP contribution in [0.15, 0.2) is 72.8 Å². The normalized spacial score (nSPS) is 11.7. The summed E-state index contributed by atoms with van der Waals surface area (Å²) in [6, 6.07) is 35.2. The molecule has 0 saturated carbocycles. The van der Waals surface area contributed by atoms with Crippen molar-refractivity contribution >= 4 is 5.43 Å². The third kappa shape index (κ3) is 5.45. The smallest absolute Gasteiger partial charge is 0.0398 e. The molecular weight excluding hydrogens is 504 g/mol. The molecule has 0 aliphatic heterocycles. The van der Waals surface area contributed by atoms with Crippen LogP contribution in [0.5, 0.6) is 0 Å². The van der Waals surface area contributed by atoms with Crippen molar-refractivity contribution in [1.29, 1.82) is 0 Å². The van der Waals surface area contributed by atoms with Crippen molar-refractivity contribution in [3.05, 3.63) is 118 Å². The van der Waals surface area contributed by atoms with Crippen LogP contribution in [-0.2, 0) is 36.2 Å². The fourth-order valence-electron chi connectivity index (χ4n) is 4.75. The molecule has 0 atom stereocenters. The Bertz CT molecular complexity index is 1220. The fraction of sp³-hybridized carbons (Fsp3) is 0.250. The van der Waals surface area contributed by atoms with Crippen molar-refractivity contribution in [3.8, 4) is 22.3 Å². The van der Waals surface area contributed by atoms with Crippen molar-refractivity contribution in [2.75, 3.05) is 0 Å². The maximum absolute atomic E-state index is 3.27. The SMILES string of the molecule is CC[Si](=[Zr+2])CC.Cc1[c-]ccc2c1Cc1ccccc1-2.Cc1[c-]ccc2c1Cc1ccccc1-2. The summed E-state index contributed by atoms with van der Waals surface area (Å²) in [5, 5.41) is 0. The van der Waals surface area contributed by atoms with Gasteiger partial charge in [0.25, 0.3) is 0 Å². The molecule has 6 rings (SSSR count). The van der Waals surface area contributed by atoms with Gasteiger partial charge in [-0.05, 0) is 35.1 Å². The van der Waals surface area contributed by atoms with Gasteiger partial charge in [-0.15, -0.1) is 22.3 Å². The van der Waals surface area contributed by atoms with Gasteiger partial charge in [-0.3, -0.25) is 0 Å². The summed E-state index contributed by atoms with van der Waals surface area (Å²) in [5.41, 5.74) is 14.2. The molecule has 0 heterocycles. The third-order valence-corrected chi connectivity index (χ3v) is 13.8. The van der Waals surface area contributed by atoms with Gasteiger partial charge in [0, 0.05) is 0 Å². The number of benzene rings is 4. The van der Waals surface area contributed by atoms with Crippen LogP contribution in [0.3, 0.4) is 0 Å². The summed E-state index contributed by atoms with van der Waals surface area (Å²) >= 11 is 1.80. The molecular formula is C32H32SiZr. The van der Waals surface area contributed by atoms with Crippen molar-refractivity contribution in [1.82, 2.24) is 0 Å². The molecule has 4 aromatic rings. The Balaban J connectivity index is 0.000000132. The molecule has 34 heavy (non-hydrogen) atoms. The van der Waals surface area contributed by atoms with E-state index >= 15 is 0 Å². The molecule has 0 aromatic heterocycles. The van der Waals surface area contributed by atoms with Crippen molar-refractivity contribution in [2.24, 2.45) is 0 Å². The molecule has 0 N–H and O–H groups in total. The number of hydrogen-bond donors (Lipinski definition) is 0. The fourth-order valence-corrected chi connectivity index (χ4v) is 5.25. The first-order valence-electron chi connectivity index (χ1n) is 12.3. The van der Waals surface area contributed by atoms with Crippen molar-refractivity contribution < 1.29 is 23.3 Å². The Hall–Kier alpha value is -2.02. The minimum Gasteiger partial charge on any atom is -0.180 e. The van der Waals surface area contributed by atoms with Crippen molar-refractivity contribution in [2.45, 2.75) is 52.6 Å². The monoisotopic (exact) mass is 534 g/mol. The van der Waals surface area contributed by atoms with Gasteiger partial charge in [0.15, 0.2) is 0 Å². The second-order valence-corrected chi connectivity index (χ2v) is 16.8. The molecule has 168 valence electrons. The molecule has 0 fully saturated rings. The molecule has 2 aliphatic rings. The zero-order valence-electron chi connectivity index (χ0n) is 20.8. The van der Waals surface area contributed by atoms with Crippen LogP contribution < -0.4 is 0 Å². The largest absolute Gasteiger partial charge is 0.180 e. The summed E-state index contributed by atoms with van der Waals surface area (Å²) in [6.45, 7) is 8.88. The number of rotatable bonds is 2. The van der Waals surface area contributed by atoms with Gasteiger partial charge < -0.3 is 0 Å². The van der Waals surface area contributed by atoms with Gasteiger partial charge in [0.1, 0.15) is 0 Å². The average Bonchev–Trinajstić information content (AvgIpc) is 3.45. The second kappa shape index (κ2) is 11.6. The standard InChI is InChI=1S/2C14H11.C4H10Si.Zr/c2*1-10-5-4-8-13-12-7-3-2-6-11(12)9-14(10)13;1-3-5-4-2;/h2*2-4,6-8H,9H2,1H3;3-4H2,1-2H3;/q2*-1;;+2. The summed E-state index contributed by atoms with van der Waals surface area (Å²) in [7, 11) is 0. The van der Waals surface area contributed by atoms with E-state index in [9.17, 15) is 0 Å². The maximum atomic E-state index is 3.27. The molecule has 2 aliphatic carbocycles. The quantitative estimate of drug-likeness (QED) is 0.154. The first kappa shape index (κ1) is 25.1. The Labute approximate surface area is 220 Å². The van der Waals surface area contributed by atoms with E-state index in [2.05, 4.69) is 100 Å². The first-order chi connectivity index (χ1) is 16.5. The predicted octanol–water partition coefficient (Wildman–Crippen LogP) is 8.30. The van der Waals surface area contributed by atoms with E-state index in [4.69, 9.17) is 0 Å². The first-order valence-corrected chi connectivity index (χ1v) is 17.9. The second-order valence-electron chi connectivity index (χ2n) is 8.97. The van der Waals surface area contributed by atoms with E-state index in [0.29, 0.717) is 0 Å². The van der Waals surface area contributed by atoms with Gasteiger partial charge in [-0.2, -0.15) is 47.5 Å². The topological polar surface area (TPSA) is 0 Å². The molecule has 0 nitrogen and oxygen atoms in total. The zero-order chi connectivity index (χ0) is 24.1. The Kier molecular flexibility index (Phi) is 8.56. The van der Waals surface area contributed by atoms with E-state index in [-0.39, 0.29) is 5.43 Å². The van der Waals surface area contributed by atoms with Crippen LogP contribution in [0.2, 0.25) is 12.1 Å². The van der Waals surface area contributed by atoms with E-state index in [1.807, 2.05) is 12.1 Å². The Morgan fingerprint density at radius 1 is 0.647 bits per heavy atom. The minimum absolute atomic E-state index is 0.222. The Morgan fingerprint density at radius 3 is 1.44 bits per heavy atom. The number of hydrogen-bond acceptors (Lipinski definition) is 0. The summed E-state index contributed by atoms with van der Waals surface area (Å²) in [6.07, 6.45) is 2.16. The molecule has 0 unspecified atom stereocenters. The maximum Gasteiger partial charge on any atom is -0.0398 e. The van der Waals surface area contributed by atoms with Gasteiger partial charge >= 0.3 is 54.7 Å². The average molecular weight is 536 g/mol. The van der Waals surface area contributed by atoms with E-state index in [1.54, 1.807) is 23.3 Å². The molecule has 0 bridgehead atoms.